The van der Waals surface area contributed by atoms with Crippen molar-refractivity contribution >= 4 is 17.5 Å². The molecule has 4 nitrogen and oxygen atoms in total. The average Bonchev–Trinajstić information content (AvgIpc) is 2.38. The summed E-state index contributed by atoms with van der Waals surface area (Å²) in [4.78, 5) is 15.6. The highest BCUT2D eigenvalue weighted by atomic mass is 35.5. The van der Waals surface area contributed by atoms with Crippen LogP contribution < -0.4 is 0 Å². The Hall–Kier alpha value is -1.10. The van der Waals surface area contributed by atoms with Crippen LogP contribution in [0.2, 0.25) is 5.02 Å². The van der Waals surface area contributed by atoms with E-state index in [4.69, 9.17) is 11.6 Å². The van der Waals surface area contributed by atoms with E-state index in [9.17, 15) is 9.90 Å². The minimum atomic E-state index is -0.918. The zero-order valence-corrected chi connectivity index (χ0v) is 13.4. The molecule has 1 heterocycles. The van der Waals surface area contributed by atoms with E-state index in [-0.39, 0.29) is 12.3 Å². The van der Waals surface area contributed by atoms with Gasteiger partial charge in [0.25, 0.3) is 0 Å². The molecule has 0 aromatic heterocycles. The maximum atomic E-state index is 11.9. The van der Waals surface area contributed by atoms with E-state index >= 15 is 0 Å². The van der Waals surface area contributed by atoms with Crippen molar-refractivity contribution in [2.45, 2.75) is 31.4 Å². The summed E-state index contributed by atoms with van der Waals surface area (Å²) in [5.74, 6) is -0.0258. The predicted octanol–water partition coefficient (Wildman–Crippen LogP) is 2.15. The lowest BCUT2D eigenvalue weighted by Gasteiger charge is -2.39. The monoisotopic (exact) mass is 310 g/mol. The Kier molecular flexibility index (Phi) is 5.25. The molecule has 1 aliphatic heterocycles. The maximum absolute atomic E-state index is 11.9. The normalized spacial score (nSPS) is 23.0. The van der Waals surface area contributed by atoms with Gasteiger partial charge >= 0.3 is 0 Å². The first-order valence-electron chi connectivity index (χ1n) is 7.27. The van der Waals surface area contributed by atoms with Crippen LogP contribution in [0.25, 0.3) is 0 Å². The summed E-state index contributed by atoms with van der Waals surface area (Å²) < 4.78 is 0. The van der Waals surface area contributed by atoms with Crippen LogP contribution in [0.15, 0.2) is 24.3 Å². The van der Waals surface area contributed by atoms with Gasteiger partial charge in [-0.1, -0.05) is 23.7 Å². The molecular weight excluding hydrogens is 288 g/mol. The Morgan fingerprint density at radius 3 is 2.90 bits per heavy atom. The van der Waals surface area contributed by atoms with Gasteiger partial charge in [-0.15, -0.1) is 0 Å². The number of aliphatic hydroxyl groups is 1. The highest BCUT2D eigenvalue weighted by molar-refractivity contribution is 6.30. The Bertz CT molecular complexity index is 507. The van der Waals surface area contributed by atoms with Gasteiger partial charge in [0.2, 0.25) is 5.91 Å². The second-order valence-electron chi connectivity index (χ2n) is 6.13. The Morgan fingerprint density at radius 2 is 2.24 bits per heavy atom. The van der Waals surface area contributed by atoms with E-state index in [0.29, 0.717) is 13.0 Å². The number of halogens is 1. The van der Waals surface area contributed by atoms with Crippen molar-refractivity contribution in [2.24, 2.45) is 0 Å². The molecule has 0 bridgehead atoms. The van der Waals surface area contributed by atoms with Gasteiger partial charge in [-0.2, -0.15) is 0 Å². The Labute approximate surface area is 131 Å². The van der Waals surface area contributed by atoms with Gasteiger partial charge in [-0.25, -0.2) is 0 Å². The fraction of sp³-hybridized carbons (Fsp3) is 0.562. The lowest BCUT2D eigenvalue weighted by molar-refractivity contribution is -0.136. The molecule has 1 saturated heterocycles. The van der Waals surface area contributed by atoms with Crippen molar-refractivity contribution in [3.05, 3.63) is 34.9 Å². The summed E-state index contributed by atoms with van der Waals surface area (Å²) in [5, 5.41) is 11.4. The molecule has 1 atom stereocenters. The topological polar surface area (TPSA) is 43.8 Å². The van der Waals surface area contributed by atoms with Crippen LogP contribution in [0.3, 0.4) is 0 Å². The lowest BCUT2D eigenvalue weighted by atomic mass is 9.89. The van der Waals surface area contributed by atoms with Crippen molar-refractivity contribution in [1.82, 2.24) is 9.80 Å². The number of nitrogens with zero attached hydrogens (tertiary/aromatic N) is 2. The number of amides is 1. The highest BCUT2D eigenvalue weighted by Gasteiger charge is 2.35. The van der Waals surface area contributed by atoms with E-state index < -0.39 is 5.60 Å². The average molecular weight is 311 g/mol. The van der Waals surface area contributed by atoms with E-state index in [1.165, 1.54) is 4.90 Å². The highest BCUT2D eigenvalue weighted by Crippen LogP contribution is 2.26. The van der Waals surface area contributed by atoms with Crippen molar-refractivity contribution in [3.8, 4) is 0 Å². The van der Waals surface area contributed by atoms with Crippen molar-refractivity contribution in [2.75, 3.05) is 27.2 Å². The molecule has 5 heteroatoms. The second kappa shape index (κ2) is 6.77. The quantitative estimate of drug-likeness (QED) is 0.926. The van der Waals surface area contributed by atoms with Gasteiger partial charge < -0.3 is 10.0 Å². The van der Waals surface area contributed by atoms with Crippen LogP contribution in [-0.4, -0.2) is 53.6 Å². The number of piperidine rings is 1. The maximum Gasteiger partial charge on any atom is 0.224 e. The number of benzene rings is 1. The van der Waals surface area contributed by atoms with Crippen LogP contribution >= 0.6 is 11.6 Å². The van der Waals surface area contributed by atoms with Crippen LogP contribution in [0, 0.1) is 0 Å². The molecule has 1 N–H and O–H groups in total. The Balaban J connectivity index is 1.98. The lowest BCUT2D eigenvalue weighted by Crippen LogP contribution is -2.50. The molecule has 0 aliphatic carbocycles. The summed E-state index contributed by atoms with van der Waals surface area (Å²) in [5.41, 5.74) is 0.212. The fourth-order valence-electron chi connectivity index (χ4n) is 2.82. The second-order valence-corrected chi connectivity index (χ2v) is 6.57. The van der Waals surface area contributed by atoms with Crippen molar-refractivity contribution in [1.29, 1.82) is 0 Å². The van der Waals surface area contributed by atoms with E-state index in [2.05, 4.69) is 4.90 Å². The van der Waals surface area contributed by atoms with Gasteiger partial charge in [-0.05, 0) is 37.1 Å². The fourth-order valence-corrected chi connectivity index (χ4v) is 3.03. The molecule has 1 aromatic rings. The summed E-state index contributed by atoms with van der Waals surface area (Å²) in [6.45, 7) is 2.21. The van der Waals surface area contributed by atoms with Crippen molar-refractivity contribution in [3.63, 3.8) is 0 Å². The number of carbonyl (C=O) groups excluding carboxylic acids is 1. The molecule has 0 spiro atoms. The first-order valence-corrected chi connectivity index (χ1v) is 7.65. The van der Waals surface area contributed by atoms with Gasteiger partial charge in [0.15, 0.2) is 0 Å². The smallest absolute Gasteiger partial charge is 0.224 e. The molecule has 1 amide bonds. The third-order valence-corrected chi connectivity index (χ3v) is 4.14. The molecular formula is C16H23ClN2O2. The molecule has 1 unspecified atom stereocenters. The van der Waals surface area contributed by atoms with Gasteiger partial charge in [-0.3, -0.25) is 9.69 Å². The SMILES string of the molecule is CN(C)C(=O)CC1(O)CCCN(Cc2cccc(Cl)c2)C1. The number of likely N-dealkylation sites (tertiary alicyclic amines) is 1. The number of hydrogen-bond acceptors (Lipinski definition) is 3. The molecule has 1 fully saturated rings. The van der Waals surface area contributed by atoms with Crippen LogP contribution in [0.5, 0.6) is 0 Å². The summed E-state index contributed by atoms with van der Waals surface area (Å²) in [6.07, 6.45) is 1.77. The molecule has 1 aliphatic rings. The zero-order chi connectivity index (χ0) is 15.5. The van der Waals surface area contributed by atoms with Gasteiger partial charge in [0, 0.05) is 32.2 Å². The van der Waals surface area contributed by atoms with Gasteiger partial charge in [0.05, 0.1) is 12.0 Å². The van der Waals surface area contributed by atoms with E-state index in [0.717, 1.165) is 30.1 Å². The molecule has 1 aromatic carbocycles. The number of rotatable bonds is 4. The number of hydrogen-bond donors (Lipinski definition) is 1. The van der Waals surface area contributed by atoms with E-state index in [1.807, 2.05) is 24.3 Å². The van der Waals surface area contributed by atoms with Crippen LogP contribution in [-0.2, 0) is 11.3 Å². The number of carbonyl (C=O) groups is 1. The number of β-amino-alcohol motifs (C(OH)–C–C–N with tert-alkyl or cyclic N) is 1. The largest absolute Gasteiger partial charge is 0.388 e. The molecule has 21 heavy (non-hydrogen) atoms. The van der Waals surface area contributed by atoms with Gasteiger partial charge in [0.1, 0.15) is 0 Å². The minimum Gasteiger partial charge on any atom is -0.388 e. The molecule has 0 saturated carbocycles. The van der Waals surface area contributed by atoms with Crippen LogP contribution in [0.1, 0.15) is 24.8 Å². The predicted molar refractivity (Wildman–Crippen MR) is 84.2 cm³/mol. The summed E-state index contributed by atoms with van der Waals surface area (Å²) in [7, 11) is 3.44. The van der Waals surface area contributed by atoms with Crippen LogP contribution in [0.4, 0.5) is 0 Å². The third kappa shape index (κ3) is 4.70. The zero-order valence-electron chi connectivity index (χ0n) is 12.7. The molecule has 116 valence electrons. The summed E-state index contributed by atoms with van der Waals surface area (Å²) >= 11 is 6.00. The van der Waals surface area contributed by atoms with Crippen molar-refractivity contribution < 1.29 is 9.90 Å². The Morgan fingerprint density at radius 1 is 1.48 bits per heavy atom. The first kappa shape index (κ1) is 16.3. The summed E-state index contributed by atoms with van der Waals surface area (Å²) in [6, 6.07) is 7.77. The van der Waals surface area contributed by atoms with E-state index in [1.54, 1.807) is 14.1 Å². The molecule has 0 radical (unpaired) electrons. The molecule has 2 rings (SSSR count). The third-order valence-electron chi connectivity index (χ3n) is 3.91. The minimum absolute atomic E-state index is 0.0258. The standard InChI is InChI=1S/C16H23ClN2O2/c1-18(2)15(20)10-16(21)7-4-8-19(12-16)11-13-5-3-6-14(17)9-13/h3,5-6,9,21H,4,7-8,10-12H2,1-2H3. The first-order chi connectivity index (χ1) is 9.88.